The highest BCUT2D eigenvalue weighted by Gasteiger charge is 2.51. The second-order valence-corrected chi connectivity index (χ2v) is 8.93. The summed E-state index contributed by atoms with van der Waals surface area (Å²) in [5.74, 6) is -1.96. The fourth-order valence-electron chi connectivity index (χ4n) is 3.31. The zero-order valence-electron chi connectivity index (χ0n) is 19.2. The van der Waals surface area contributed by atoms with E-state index in [1.807, 2.05) is 0 Å². The monoisotopic (exact) mass is 530 g/mol. The molecule has 0 aromatic carbocycles. The van der Waals surface area contributed by atoms with Crippen molar-refractivity contribution >= 4 is 59.9 Å². The zero-order chi connectivity index (χ0) is 25.9. The van der Waals surface area contributed by atoms with Crippen LogP contribution in [0.25, 0.3) is 11.2 Å². The SMILES string of the molecule is CNc1nc(OC(=O)N(P)P)c2ncn([C@@H]3O[C@H](COC(C)=O)C(OC(C)=O)C3OC(C)=O)c2n1. The molecule has 0 aliphatic carbocycles. The zero-order valence-corrected chi connectivity index (χ0v) is 21.5. The predicted molar refractivity (Wildman–Crippen MR) is 124 cm³/mol. The second-order valence-electron chi connectivity index (χ2n) is 7.22. The molecule has 4 unspecified atom stereocenters. The van der Waals surface area contributed by atoms with Gasteiger partial charge in [0, 0.05) is 27.8 Å². The number of imidazole rings is 1. The van der Waals surface area contributed by atoms with Gasteiger partial charge in [0.05, 0.1) is 6.33 Å². The second kappa shape index (κ2) is 11.1. The number of carbonyl (C=O) groups is 4. The summed E-state index contributed by atoms with van der Waals surface area (Å²) in [6, 6.07) is 0. The maximum absolute atomic E-state index is 12.1. The molecule has 6 atom stereocenters. The van der Waals surface area contributed by atoms with Gasteiger partial charge in [0.25, 0.3) is 5.88 Å². The lowest BCUT2D eigenvalue weighted by atomic mass is 10.1. The number of aromatic nitrogens is 4. The van der Waals surface area contributed by atoms with Gasteiger partial charge in [-0.05, 0) is 18.8 Å². The van der Waals surface area contributed by atoms with Crippen molar-refractivity contribution in [2.45, 2.75) is 45.3 Å². The highest BCUT2D eigenvalue weighted by molar-refractivity contribution is 7.32. The van der Waals surface area contributed by atoms with Crippen LogP contribution >= 0.6 is 18.8 Å². The molecule has 1 amide bonds. The number of fused-ring (bicyclic) bond motifs is 1. The van der Waals surface area contributed by atoms with E-state index < -0.39 is 48.5 Å². The third-order valence-electron chi connectivity index (χ3n) is 4.62. The summed E-state index contributed by atoms with van der Waals surface area (Å²) >= 11 is 0. The lowest BCUT2D eigenvalue weighted by molar-refractivity contribution is -0.166. The van der Waals surface area contributed by atoms with Crippen molar-refractivity contribution in [1.82, 2.24) is 24.0 Å². The van der Waals surface area contributed by atoms with Crippen molar-refractivity contribution in [2.24, 2.45) is 0 Å². The summed E-state index contributed by atoms with van der Waals surface area (Å²) in [6.45, 7) is 3.31. The molecular weight excluding hydrogens is 506 g/mol. The number of hydrogen-bond acceptors (Lipinski definition) is 13. The molecule has 1 saturated heterocycles. The van der Waals surface area contributed by atoms with E-state index in [0.717, 1.165) is 4.44 Å². The van der Waals surface area contributed by atoms with Crippen LogP contribution in [0.1, 0.15) is 27.0 Å². The molecule has 3 heterocycles. The maximum atomic E-state index is 12.1. The largest absolute Gasteiger partial charge is 0.463 e. The van der Waals surface area contributed by atoms with Crippen molar-refractivity contribution in [2.75, 3.05) is 19.0 Å². The van der Waals surface area contributed by atoms with Gasteiger partial charge < -0.3 is 29.0 Å². The molecule has 2 aromatic heterocycles. The maximum Gasteiger partial charge on any atom is 0.422 e. The van der Waals surface area contributed by atoms with Crippen LogP contribution in [0.2, 0.25) is 0 Å². The molecule has 0 radical (unpaired) electrons. The van der Waals surface area contributed by atoms with E-state index in [9.17, 15) is 19.2 Å². The van der Waals surface area contributed by atoms with Crippen LogP contribution in [0.3, 0.4) is 0 Å². The number of rotatable bonds is 7. The molecule has 35 heavy (non-hydrogen) atoms. The average molecular weight is 530 g/mol. The van der Waals surface area contributed by atoms with Crippen molar-refractivity contribution < 1.29 is 42.9 Å². The van der Waals surface area contributed by atoms with Gasteiger partial charge in [-0.3, -0.25) is 23.4 Å². The first-order valence-corrected chi connectivity index (χ1v) is 11.1. The van der Waals surface area contributed by atoms with Crippen LogP contribution in [0.15, 0.2) is 6.33 Å². The van der Waals surface area contributed by atoms with Crippen molar-refractivity contribution in [3.63, 3.8) is 0 Å². The number of nitrogens with zero attached hydrogens (tertiary/aromatic N) is 5. The van der Waals surface area contributed by atoms with Gasteiger partial charge in [0.15, 0.2) is 29.6 Å². The van der Waals surface area contributed by atoms with E-state index in [4.69, 9.17) is 23.7 Å². The Bertz CT molecular complexity index is 1140. The van der Waals surface area contributed by atoms with Gasteiger partial charge in [0.2, 0.25) is 5.95 Å². The van der Waals surface area contributed by atoms with Crippen LogP contribution in [0.4, 0.5) is 10.7 Å². The van der Waals surface area contributed by atoms with Gasteiger partial charge >= 0.3 is 24.0 Å². The fourth-order valence-corrected chi connectivity index (χ4v) is 3.42. The van der Waals surface area contributed by atoms with Crippen LogP contribution in [-0.2, 0) is 33.3 Å². The predicted octanol–water partition coefficient (Wildman–Crippen LogP) is 0.573. The van der Waals surface area contributed by atoms with E-state index in [2.05, 4.69) is 39.0 Å². The summed E-state index contributed by atoms with van der Waals surface area (Å²) in [7, 11) is 5.80. The van der Waals surface area contributed by atoms with E-state index >= 15 is 0 Å². The smallest absolute Gasteiger partial charge is 0.422 e. The minimum atomic E-state index is -1.15. The topological polar surface area (TPSA) is 173 Å². The minimum absolute atomic E-state index is 0.0937. The first-order valence-electron chi connectivity index (χ1n) is 10.1. The minimum Gasteiger partial charge on any atom is -0.463 e. The number of esters is 3. The molecule has 0 saturated carbocycles. The molecule has 0 bridgehead atoms. The number of nitrogens with one attached hydrogen (secondary N) is 1. The Balaban J connectivity index is 2.09. The quantitative estimate of drug-likeness (QED) is 0.299. The molecule has 17 heteroatoms. The summed E-state index contributed by atoms with van der Waals surface area (Å²) < 4.78 is 29.6. The Kier molecular flexibility index (Phi) is 8.36. The normalized spacial score (nSPS) is 21.3. The van der Waals surface area contributed by atoms with Gasteiger partial charge in [-0.2, -0.15) is 9.97 Å². The fraction of sp³-hybridized carbons (Fsp3) is 0.500. The van der Waals surface area contributed by atoms with Crippen LogP contribution in [-0.4, -0.2) is 79.9 Å². The molecule has 190 valence electrons. The lowest BCUT2D eigenvalue weighted by Crippen LogP contribution is -2.40. The molecule has 15 nitrogen and oxygen atoms in total. The molecule has 1 aliphatic rings. The Labute approximate surface area is 203 Å². The molecule has 2 aromatic rings. The van der Waals surface area contributed by atoms with E-state index in [-0.39, 0.29) is 29.6 Å². The first kappa shape index (κ1) is 26.5. The highest BCUT2D eigenvalue weighted by Crippen LogP contribution is 2.37. The molecule has 3 rings (SSSR count). The molecule has 1 fully saturated rings. The van der Waals surface area contributed by atoms with Gasteiger partial charge in [0.1, 0.15) is 12.7 Å². The summed E-state index contributed by atoms with van der Waals surface area (Å²) in [6.07, 6.45) is -3.78. The van der Waals surface area contributed by atoms with Crippen molar-refractivity contribution in [3.05, 3.63) is 6.33 Å². The lowest BCUT2D eigenvalue weighted by Gasteiger charge is -2.23. The Hall–Kier alpha value is -3.15. The number of ether oxygens (including phenoxy) is 5. The van der Waals surface area contributed by atoms with Crippen molar-refractivity contribution in [1.29, 1.82) is 0 Å². The van der Waals surface area contributed by atoms with E-state index in [1.165, 1.54) is 31.7 Å². The Morgan fingerprint density at radius 3 is 2.31 bits per heavy atom. The van der Waals surface area contributed by atoms with Gasteiger partial charge in [-0.1, -0.05) is 0 Å². The van der Waals surface area contributed by atoms with Crippen LogP contribution in [0, 0.1) is 0 Å². The summed E-state index contributed by atoms with van der Waals surface area (Å²) in [5.41, 5.74) is 0.259. The molecule has 1 N–H and O–H groups in total. The summed E-state index contributed by atoms with van der Waals surface area (Å²) in [4.78, 5) is 59.8. The highest BCUT2D eigenvalue weighted by atomic mass is 31.1. The molecule has 1 aliphatic heterocycles. The number of anilines is 1. The van der Waals surface area contributed by atoms with Crippen LogP contribution < -0.4 is 10.1 Å². The molecular formula is C18H24N6O9P2. The molecule has 0 spiro atoms. The third-order valence-corrected chi connectivity index (χ3v) is 5.04. The van der Waals surface area contributed by atoms with Gasteiger partial charge in [-0.25, -0.2) is 9.78 Å². The van der Waals surface area contributed by atoms with Crippen molar-refractivity contribution in [3.8, 4) is 5.88 Å². The standard InChI is InChI=1S/C18H24N6O9P2/c1-7(25)29-5-10-12(30-8(2)26)13(31-9(3)27)16(32-10)23-6-20-11-14(23)21-17(19-4)22-15(11)33-18(28)24(34)35/h6,10,12-13,16H,5,34-35H2,1-4H3,(H,19,21,22)/t10-,12?,13?,16-/m1/s1. The third kappa shape index (κ3) is 6.11. The van der Waals surface area contributed by atoms with E-state index in [0.29, 0.717) is 0 Å². The number of hydrogen-bond donors (Lipinski definition) is 1. The number of amides is 1. The Morgan fingerprint density at radius 2 is 1.74 bits per heavy atom. The average Bonchev–Trinajstić information content (AvgIpc) is 3.33. The Morgan fingerprint density at radius 1 is 1.09 bits per heavy atom. The van der Waals surface area contributed by atoms with Gasteiger partial charge in [-0.15, -0.1) is 0 Å². The first-order chi connectivity index (χ1) is 16.5. The number of carbonyl (C=O) groups excluding carboxylic acids is 4. The van der Waals surface area contributed by atoms with Crippen LogP contribution in [0.5, 0.6) is 5.88 Å². The van der Waals surface area contributed by atoms with E-state index in [1.54, 1.807) is 7.05 Å². The summed E-state index contributed by atoms with van der Waals surface area (Å²) in [5, 5.41) is 2.76.